The van der Waals surface area contributed by atoms with E-state index in [0.29, 0.717) is 13.0 Å². The summed E-state index contributed by atoms with van der Waals surface area (Å²) in [6.45, 7) is 3.68. The third-order valence-corrected chi connectivity index (χ3v) is 3.97. The fraction of sp³-hybridized carbons (Fsp3) is 0.467. The van der Waals surface area contributed by atoms with Gasteiger partial charge in [-0.15, -0.1) is 0 Å². The van der Waals surface area contributed by atoms with Gasteiger partial charge in [0.2, 0.25) is 11.8 Å². The largest absolute Gasteiger partial charge is 0.340 e. The molecule has 3 rings (SSSR count). The van der Waals surface area contributed by atoms with Crippen molar-refractivity contribution in [3.8, 4) is 0 Å². The molecule has 0 aromatic heterocycles. The van der Waals surface area contributed by atoms with Crippen LogP contribution in [0.3, 0.4) is 0 Å². The van der Waals surface area contributed by atoms with Crippen LogP contribution < -0.4 is 10.2 Å². The predicted molar refractivity (Wildman–Crippen MR) is 76.4 cm³/mol. The number of rotatable bonds is 2. The summed E-state index contributed by atoms with van der Waals surface area (Å²) in [5.41, 5.74) is 0.883. The Labute approximate surface area is 118 Å². The zero-order valence-corrected chi connectivity index (χ0v) is 11.4. The summed E-state index contributed by atoms with van der Waals surface area (Å²) in [7, 11) is 0. The highest BCUT2D eigenvalue weighted by Crippen LogP contribution is 2.26. The van der Waals surface area contributed by atoms with Crippen LogP contribution in [0.4, 0.5) is 5.69 Å². The molecule has 1 atom stereocenters. The topological polar surface area (TPSA) is 52.7 Å². The summed E-state index contributed by atoms with van der Waals surface area (Å²) in [6, 6.07) is 9.57. The molecule has 0 spiro atoms. The lowest BCUT2D eigenvalue weighted by Gasteiger charge is -2.29. The number of nitrogens with one attached hydrogen (secondary N) is 1. The number of hydrogen-bond donors (Lipinski definition) is 1. The van der Waals surface area contributed by atoms with Crippen molar-refractivity contribution in [3.05, 3.63) is 30.3 Å². The van der Waals surface area contributed by atoms with E-state index in [1.165, 1.54) is 0 Å². The number of piperazine rings is 1. The summed E-state index contributed by atoms with van der Waals surface area (Å²) < 4.78 is 0. The summed E-state index contributed by atoms with van der Waals surface area (Å²) in [4.78, 5) is 28.2. The molecule has 2 heterocycles. The van der Waals surface area contributed by atoms with Crippen molar-refractivity contribution in [2.24, 2.45) is 5.92 Å². The molecule has 20 heavy (non-hydrogen) atoms. The molecule has 0 saturated carbocycles. The molecule has 2 amide bonds. The third kappa shape index (κ3) is 2.54. The van der Waals surface area contributed by atoms with Crippen LogP contribution in [0.25, 0.3) is 0 Å². The maximum atomic E-state index is 12.4. The normalized spacial score (nSPS) is 23.2. The van der Waals surface area contributed by atoms with Gasteiger partial charge >= 0.3 is 0 Å². The predicted octanol–water partition coefficient (Wildman–Crippen LogP) is 0.471. The quantitative estimate of drug-likeness (QED) is 0.852. The Morgan fingerprint density at radius 1 is 1.15 bits per heavy atom. The van der Waals surface area contributed by atoms with Crippen molar-refractivity contribution in [1.82, 2.24) is 10.2 Å². The van der Waals surface area contributed by atoms with E-state index in [0.717, 1.165) is 31.9 Å². The Kier molecular flexibility index (Phi) is 3.69. The van der Waals surface area contributed by atoms with Gasteiger partial charge in [0, 0.05) is 44.8 Å². The van der Waals surface area contributed by atoms with E-state index in [1.807, 2.05) is 35.2 Å². The van der Waals surface area contributed by atoms with E-state index < -0.39 is 0 Å². The molecular weight excluding hydrogens is 254 g/mol. The summed E-state index contributed by atoms with van der Waals surface area (Å²) in [5, 5.41) is 3.23. The summed E-state index contributed by atoms with van der Waals surface area (Å²) in [6.07, 6.45) is 0.331. The zero-order chi connectivity index (χ0) is 13.9. The number of hydrogen-bond acceptors (Lipinski definition) is 3. The monoisotopic (exact) mass is 273 g/mol. The van der Waals surface area contributed by atoms with Gasteiger partial charge in [-0.25, -0.2) is 0 Å². The Morgan fingerprint density at radius 3 is 2.55 bits per heavy atom. The van der Waals surface area contributed by atoms with Crippen LogP contribution in [0.5, 0.6) is 0 Å². The van der Waals surface area contributed by atoms with E-state index in [9.17, 15) is 9.59 Å². The third-order valence-electron chi connectivity index (χ3n) is 3.97. The number of para-hydroxylation sites is 1. The first-order chi connectivity index (χ1) is 9.75. The van der Waals surface area contributed by atoms with Crippen molar-refractivity contribution in [2.75, 3.05) is 37.6 Å². The van der Waals surface area contributed by atoms with Crippen molar-refractivity contribution in [2.45, 2.75) is 6.42 Å². The first kappa shape index (κ1) is 13.1. The first-order valence-electron chi connectivity index (χ1n) is 7.10. The summed E-state index contributed by atoms with van der Waals surface area (Å²) in [5.74, 6) is -0.0243. The minimum absolute atomic E-state index is 0.0460. The molecule has 2 fully saturated rings. The van der Waals surface area contributed by atoms with Gasteiger partial charge in [0.15, 0.2) is 0 Å². The molecule has 1 aromatic carbocycles. The highest BCUT2D eigenvalue weighted by Gasteiger charge is 2.37. The lowest BCUT2D eigenvalue weighted by Crippen LogP contribution is -2.48. The molecule has 5 heteroatoms. The fourth-order valence-electron chi connectivity index (χ4n) is 2.87. The maximum absolute atomic E-state index is 12.4. The van der Waals surface area contributed by atoms with E-state index in [-0.39, 0.29) is 17.7 Å². The van der Waals surface area contributed by atoms with Gasteiger partial charge in [-0.3, -0.25) is 9.59 Å². The molecule has 2 aliphatic rings. The number of amides is 2. The molecule has 106 valence electrons. The van der Waals surface area contributed by atoms with Gasteiger partial charge in [0.1, 0.15) is 0 Å². The van der Waals surface area contributed by atoms with E-state index in [1.54, 1.807) is 4.90 Å². The molecule has 2 aliphatic heterocycles. The fourth-order valence-corrected chi connectivity index (χ4v) is 2.87. The highest BCUT2D eigenvalue weighted by molar-refractivity contribution is 6.00. The van der Waals surface area contributed by atoms with Gasteiger partial charge in [-0.05, 0) is 12.1 Å². The van der Waals surface area contributed by atoms with Crippen molar-refractivity contribution in [1.29, 1.82) is 0 Å². The molecule has 0 aliphatic carbocycles. The molecule has 0 radical (unpaired) electrons. The number of anilines is 1. The van der Waals surface area contributed by atoms with Crippen LogP contribution in [-0.2, 0) is 9.59 Å². The minimum atomic E-state index is -0.194. The molecule has 0 unspecified atom stereocenters. The van der Waals surface area contributed by atoms with Crippen molar-refractivity contribution >= 4 is 17.5 Å². The average Bonchev–Trinajstić information content (AvgIpc) is 2.90. The van der Waals surface area contributed by atoms with Gasteiger partial charge < -0.3 is 15.1 Å². The summed E-state index contributed by atoms with van der Waals surface area (Å²) >= 11 is 0. The van der Waals surface area contributed by atoms with Gasteiger partial charge in [-0.2, -0.15) is 0 Å². The Hall–Kier alpha value is -1.88. The number of carbonyl (C=O) groups excluding carboxylic acids is 2. The molecule has 0 bridgehead atoms. The minimum Gasteiger partial charge on any atom is -0.340 e. The van der Waals surface area contributed by atoms with E-state index in [4.69, 9.17) is 0 Å². The molecule has 2 saturated heterocycles. The van der Waals surface area contributed by atoms with E-state index in [2.05, 4.69) is 5.32 Å². The lowest BCUT2D eigenvalue weighted by molar-refractivity contribution is -0.136. The Balaban J connectivity index is 1.68. The van der Waals surface area contributed by atoms with Crippen molar-refractivity contribution < 1.29 is 9.59 Å². The van der Waals surface area contributed by atoms with Crippen molar-refractivity contribution in [3.63, 3.8) is 0 Å². The number of carbonyl (C=O) groups is 2. The second-order valence-corrected chi connectivity index (χ2v) is 5.32. The highest BCUT2D eigenvalue weighted by atomic mass is 16.2. The lowest BCUT2D eigenvalue weighted by atomic mass is 10.1. The van der Waals surface area contributed by atoms with Crippen LogP contribution in [0.15, 0.2) is 30.3 Å². The van der Waals surface area contributed by atoms with E-state index >= 15 is 0 Å². The average molecular weight is 273 g/mol. The molecular formula is C15H19N3O2. The van der Waals surface area contributed by atoms with Crippen LogP contribution in [0.2, 0.25) is 0 Å². The van der Waals surface area contributed by atoms with Crippen LogP contribution >= 0.6 is 0 Å². The standard InChI is InChI=1S/C15H19N3O2/c19-14-10-12(15(20)17-8-6-16-7-9-17)11-18(14)13-4-2-1-3-5-13/h1-5,12,16H,6-11H2/t12-/m0/s1. The number of benzene rings is 1. The first-order valence-corrected chi connectivity index (χ1v) is 7.10. The van der Waals surface area contributed by atoms with Crippen LogP contribution in [0, 0.1) is 5.92 Å². The smallest absolute Gasteiger partial charge is 0.228 e. The Morgan fingerprint density at radius 2 is 1.85 bits per heavy atom. The maximum Gasteiger partial charge on any atom is 0.228 e. The van der Waals surface area contributed by atoms with Crippen LogP contribution in [-0.4, -0.2) is 49.4 Å². The van der Waals surface area contributed by atoms with Gasteiger partial charge in [0.25, 0.3) is 0 Å². The molecule has 1 aromatic rings. The Bertz CT molecular complexity index is 497. The van der Waals surface area contributed by atoms with Gasteiger partial charge in [0.05, 0.1) is 5.92 Å². The SMILES string of the molecule is O=C([C@H]1CC(=O)N(c2ccccc2)C1)N1CCNCC1. The molecule has 5 nitrogen and oxygen atoms in total. The second-order valence-electron chi connectivity index (χ2n) is 5.32. The zero-order valence-electron chi connectivity index (χ0n) is 11.4. The molecule has 1 N–H and O–H groups in total. The second kappa shape index (κ2) is 5.63. The number of nitrogens with zero attached hydrogens (tertiary/aromatic N) is 2. The van der Waals surface area contributed by atoms with Crippen LogP contribution in [0.1, 0.15) is 6.42 Å². The van der Waals surface area contributed by atoms with Gasteiger partial charge in [-0.1, -0.05) is 18.2 Å².